The minimum atomic E-state index is -0.167. The van der Waals surface area contributed by atoms with Gasteiger partial charge < -0.3 is 4.90 Å². The average Bonchev–Trinajstić information content (AvgIpc) is 3.24. The van der Waals surface area contributed by atoms with Crippen LogP contribution < -0.4 is 0 Å². The van der Waals surface area contributed by atoms with Gasteiger partial charge in [-0.2, -0.15) is 10.2 Å². The first kappa shape index (κ1) is 18.9. The van der Waals surface area contributed by atoms with Crippen LogP contribution in [0.15, 0.2) is 34.9 Å². The van der Waals surface area contributed by atoms with E-state index >= 15 is 0 Å². The quantitative estimate of drug-likeness (QED) is 0.608. The molecule has 0 aliphatic carbocycles. The molecule has 0 fully saturated rings. The summed E-state index contributed by atoms with van der Waals surface area (Å²) in [5.41, 5.74) is 2.74. The molecule has 0 saturated carbocycles. The standard InChI is InChI=1S/C17H16BrCl2N5O/c1-3-25-16(11(18)8-21-25)9-24(2)17(26)15-7-14(22-23-15)10-4-5-12(19)13(20)6-10/h4-8H,3,9H2,1-2H3,(H,22,23). The second kappa shape index (κ2) is 7.82. The van der Waals surface area contributed by atoms with Gasteiger partial charge in [-0.1, -0.05) is 29.3 Å². The van der Waals surface area contributed by atoms with E-state index in [1.165, 1.54) is 0 Å². The Hall–Kier alpha value is -1.83. The van der Waals surface area contributed by atoms with Gasteiger partial charge in [0.2, 0.25) is 0 Å². The van der Waals surface area contributed by atoms with Crippen molar-refractivity contribution in [3.05, 3.63) is 56.4 Å². The summed E-state index contributed by atoms with van der Waals surface area (Å²) >= 11 is 15.5. The van der Waals surface area contributed by atoms with Crippen LogP contribution in [0.25, 0.3) is 11.3 Å². The molecule has 0 unspecified atom stereocenters. The summed E-state index contributed by atoms with van der Waals surface area (Å²) in [5, 5.41) is 12.2. The zero-order chi connectivity index (χ0) is 18.8. The lowest BCUT2D eigenvalue weighted by Crippen LogP contribution is -2.28. The van der Waals surface area contributed by atoms with E-state index in [9.17, 15) is 4.79 Å². The average molecular weight is 457 g/mol. The predicted octanol–water partition coefficient (Wildman–Crippen LogP) is 4.63. The SMILES string of the molecule is CCn1ncc(Br)c1CN(C)C(=O)c1cc(-c2ccc(Cl)c(Cl)c2)n[nH]1. The van der Waals surface area contributed by atoms with Gasteiger partial charge in [-0.05, 0) is 41.1 Å². The summed E-state index contributed by atoms with van der Waals surface area (Å²) in [6.07, 6.45) is 1.73. The van der Waals surface area contributed by atoms with Crippen LogP contribution in [0.2, 0.25) is 10.0 Å². The van der Waals surface area contributed by atoms with Gasteiger partial charge in [0.15, 0.2) is 0 Å². The number of aryl methyl sites for hydroxylation is 1. The first-order chi connectivity index (χ1) is 12.4. The molecule has 2 heterocycles. The van der Waals surface area contributed by atoms with E-state index in [0.717, 1.165) is 22.3 Å². The Morgan fingerprint density at radius 1 is 1.31 bits per heavy atom. The number of rotatable bonds is 5. The second-order valence-corrected chi connectivity index (χ2v) is 7.38. The van der Waals surface area contributed by atoms with Crippen LogP contribution in [0.4, 0.5) is 0 Å². The molecule has 0 spiro atoms. The Bertz CT molecular complexity index is 953. The Kier molecular flexibility index (Phi) is 5.70. The molecule has 1 amide bonds. The Morgan fingerprint density at radius 2 is 2.08 bits per heavy atom. The highest BCUT2D eigenvalue weighted by Gasteiger charge is 2.19. The van der Waals surface area contributed by atoms with Gasteiger partial charge in [-0.3, -0.25) is 14.6 Å². The summed E-state index contributed by atoms with van der Waals surface area (Å²) in [4.78, 5) is 14.3. The fourth-order valence-corrected chi connectivity index (χ4v) is 3.27. The number of hydrogen-bond acceptors (Lipinski definition) is 3. The van der Waals surface area contributed by atoms with Gasteiger partial charge in [0, 0.05) is 19.2 Å². The predicted molar refractivity (Wildman–Crippen MR) is 105 cm³/mol. The molecular formula is C17H16BrCl2N5O. The van der Waals surface area contributed by atoms with Crippen molar-refractivity contribution in [1.29, 1.82) is 0 Å². The molecule has 0 radical (unpaired) electrons. The number of hydrogen-bond donors (Lipinski definition) is 1. The number of carbonyl (C=O) groups excluding carboxylic acids is 1. The first-order valence-electron chi connectivity index (χ1n) is 7.87. The van der Waals surface area contributed by atoms with Crippen molar-refractivity contribution in [2.24, 2.45) is 0 Å². The smallest absolute Gasteiger partial charge is 0.271 e. The van der Waals surface area contributed by atoms with Crippen LogP contribution in [0.1, 0.15) is 23.1 Å². The Labute approximate surface area is 169 Å². The van der Waals surface area contributed by atoms with E-state index < -0.39 is 0 Å². The first-order valence-corrected chi connectivity index (χ1v) is 9.42. The molecule has 9 heteroatoms. The van der Waals surface area contributed by atoms with Crippen LogP contribution in [0.3, 0.4) is 0 Å². The van der Waals surface area contributed by atoms with Crippen molar-refractivity contribution < 1.29 is 4.79 Å². The lowest BCUT2D eigenvalue weighted by atomic mass is 10.1. The third-order valence-corrected chi connectivity index (χ3v) is 5.36. The van der Waals surface area contributed by atoms with Gasteiger partial charge in [-0.15, -0.1) is 0 Å². The van der Waals surface area contributed by atoms with Crippen molar-refractivity contribution in [2.45, 2.75) is 20.0 Å². The highest BCUT2D eigenvalue weighted by atomic mass is 79.9. The maximum atomic E-state index is 12.7. The van der Waals surface area contributed by atoms with Crippen molar-refractivity contribution in [1.82, 2.24) is 24.9 Å². The molecule has 0 aliphatic rings. The number of nitrogens with zero attached hydrogens (tertiary/aromatic N) is 4. The molecule has 3 rings (SSSR count). The summed E-state index contributed by atoms with van der Waals surface area (Å²) in [6, 6.07) is 6.92. The molecule has 136 valence electrons. The third kappa shape index (κ3) is 3.79. The molecular weight excluding hydrogens is 441 g/mol. The van der Waals surface area contributed by atoms with E-state index in [-0.39, 0.29) is 5.91 Å². The molecule has 6 nitrogen and oxygen atoms in total. The molecule has 1 aromatic carbocycles. The van der Waals surface area contributed by atoms with Gasteiger partial charge in [0.05, 0.1) is 38.6 Å². The normalized spacial score (nSPS) is 11.0. The summed E-state index contributed by atoms with van der Waals surface area (Å²) in [6.45, 7) is 3.16. The number of halogens is 3. The zero-order valence-corrected chi connectivity index (χ0v) is 17.2. The minimum Gasteiger partial charge on any atom is -0.334 e. The molecule has 1 N–H and O–H groups in total. The van der Waals surface area contributed by atoms with Gasteiger partial charge >= 0.3 is 0 Å². The monoisotopic (exact) mass is 455 g/mol. The topological polar surface area (TPSA) is 66.8 Å². The fourth-order valence-electron chi connectivity index (χ4n) is 2.55. The summed E-state index contributed by atoms with van der Waals surface area (Å²) in [5.74, 6) is -0.167. The molecule has 0 bridgehead atoms. The van der Waals surface area contributed by atoms with Crippen molar-refractivity contribution in [3.8, 4) is 11.3 Å². The summed E-state index contributed by atoms with van der Waals surface area (Å²) < 4.78 is 2.72. The van der Waals surface area contributed by atoms with E-state index in [2.05, 4.69) is 31.2 Å². The number of H-pyrrole nitrogens is 1. The Morgan fingerprint density at radius 3 is 2.77 bits per heavy atom. The largest absolute Gasteiger partial charge is 0.334 e. The number of carbonyl (C=O) groups is 1. The highest BCUT2D eigenvalue weighted by Crippen LogP contribution is 2.28. The van der Waals surface area contributed by atoms with E-state index in [4.69, 9.17) is 23.2 Å². The molecule has 0 atom stereocenters. The zero-order valence-electron chi connectivity index (χ0n) is 14.1. The third-order valence-electron chi connectivity index (χ3n) is 3.95. The molecule has 3 aromatic rings. The summed E-state index contributed by atoms with van der Waals surface area (Å²) in [7, 11) is 1.74. The van der Waals surface area contributed by atoms with Crippen LogP contribution in [-0.2, 0) is 13.1 Å². The number of nitrogens with one attached hydrogen (secondary N) is 1. The number of benzene rings is 1. The number of aromatic amines is 1. The van der Waals surface area contributed by atoms with E-state index in [0.29, 0.717) is 28.0 Å². The maximum Gasteiger partial charge on any atom is 0.271 e. The van der Waals surface area contributed by atoms with Gasteiger partial charge in [0.1, 0.15) is 5.69 Å². The molecule has 0 saturated heterocycles. The van der Waals surface area contributed by atoms with Crippen molar-refractivity contribution in [2.75, 3.05) is 7.05 Å². The van der Waals surface area contributed by atoms with Gasteiger partial charge in [-0.25, -0.2) is 0 Å². The minimum absolute atomic E-state index is 0.167. The van der Waals surface area contributed by atoms with Gasteiger partial charge in [0.25, 0.3) is 5.91 Å². The Balaban J connectivity index is 1.79. The van der Waals surface area contributed by atoms with Crippen LogP contribution in [-0.4, -0.2) is 37.8 Å². The van der Waals surface area contributed by atoms with E-state index in [1.807, 2.05) is 11.6 Å². The van der Waals surface area contributed by atoms with Crippen LogP contribution in [0, 0.1) is 0 Å². The number of amides is 1. The lowest BCUT2D eigenvalue weighted by Gasteiger charge is -2.17. The second-order valence-electron chi connectivity index (χ2n) is 5.71. The highest BCUT2D eigenvalue weighted by molar-refractivity contribution is 9.10. The number of aromatic nitrogens is 4. The molecule has 26 heavy (non-hydrogen) atoms. The molecule has 2 aromatic heterocycles. The van der Waals surface area contributed by atoms with E-state index in [1.54, 1.807) is 42.4 Å². The van der Waals surface area contributed by atoms with Crippen molar-refractivity contribution in [3.63, 3.8) is 0 Å². The molecule has 0 aliphatic heterocycles. The maximum absolute atomic E-state index is 12.7. The fraction of sp³-hybridized carbons (Fsp3) is 0.235. The van der Waals surface area contributed by atoms with Crippen LogP contribution >= 0.6 is 39.1 Å². The van der Waals surface area contributed by atoms with Crippen molar-refractivity contribution >= 4 is 45.0 Å². The van der Waals surface area contributed by atoms with Crippen LogP contribution in [0.5, 0.6) is 0 Å². The lowest BCUT2D eigenvalue weighted by molar-refractivity contribution is 0.0775.